The van der Waals surface area contributed by atoms with Crippen molar-refractivity contribution in [3.8, 4) is 11.4 Å². The van der Waals surface area contributed by atoms with Crippen LogP contribution in [0.25, 0.3) is 5.69 Å². The minimum atomic E-state index is -0.510. The highest BCUT2D eigenvalue weighted by Gasteiger charge is 2.18. The first-order valence-corrected chi connectivity index (χ1v) is 10.6. The van der Waals surface area contributed by atoms with Crippen LogP contribution in [0.1, 0.15) is 22.5 Å². The van der Waals surface area contributed by atoms with Gasteiger partial charge in [-0.1, -0.05) is 35.3 Å². The highest BCUT2D eigenvalue weighted by atomic mass is 35.5. The Morgan fingerprint density at radius 2 is 1.78 bits per heavy atom. The zero-order valence-electron chi connectivity index (χ0n) is 17.9. The van der Waals surface area contributed by atoms with Crippen molar-refractivity contribution in [3.05, 3.63) is 75.0 Å². The summed E-state index contributed by atoms with van der Waals surface area (Å²) in [7, 11) is 1.59. The van der Waals surface area contributed by atoms with Crippen LogP contribution in [0.2, 0.25) is 10.0 Å². The van der Waals surface area contributed by atoms with E-state index in [1.54, 1.807) is 30.0 Å². The average molecular weight is 476 g/mol. The van der Waals surface area contributed by atoms with Gasteiger partial charge in [-0.05, 0) is 49.7 Å². The summed E-state index contributed by atoms with van der Waals surface area (Å²) >= 11 is 12.1. The molecule has 9 heteroatoms. The van der Waals surface area contributed by atoms with Gasteiger partial charge in [-0.15, -0.1) is 0 Å². The molecule has 1 heterocycles. The first-order valence-electron chi connectivity index (χ1n) is 9.84. The lowest BCUT2D eigenvalue weighted by Gasteiger charge is -2.08. The molecular weight excluding hydrogens is 453 g/mol. The summed E-state index contributed by atoms with van der Waals surface area (Å²) in [6.07, 6.45) is 0.00471. The van der Waals surface area contributed by atoms with Crippen LogP contribution in [-0.2, 0) is 27.3 Å². The van der Waals surface area contributed by atoms with Gasteiger partial charge in [0.1, 0.15) is 5.75 Å². The van der Waals surface area contributed by atoms with Crippen molar-refractivity contribution in [2.75, 3.05) is 13.7 Å². The molecule has 3 aromatic rings. The summed E-state index contributed by atoms with van der Waals surface area (Å²) in [5.74, 6) is -0.152. The molecule has 1 N–H and O–H groups in total. The van der Waals surface area contributed by atoms with Crippen LogP contribution in [0, 0.1) is 13.8 Å². The normalized spacial score (nSPS) is 10.7. The second kappa shape index (κ2) is 10.5. The maximum Gasteiger partial charge on any atom is 0.310 e. The third-order valence-corrected chi connectivity index (χ3v) is 5.66. The molecule has 1 amide bonds. The number of nitrogens with one attached hydrogen (secondary N) is 1. The Bertz CT molecular complexity index is 1130. The molecule has 0 bridgehead atoms. The number of amides is 1. The predicted molar refractivity (Wildman–Crippen MR) is 123 cm³/mol. The third kappa shape index (κ3) is 5.81. The highest BCUT2D eigenvalue weighted by molar-refractivity contribution is 6.42. The van der Waals surface area contributed by atoms with Crippen LogP contribution in [-0.4, -0.2) is 35.4 Å². The van der Waals surface area contributed by atoms with Crippen LogP contribution >= 0.6 is 23.2 Å². The van der Waals surface area contributed by atoms with Crippen molar-refractivity contribution in [2.45, 2.75) is 26.8 Å². The molecule has 0 aliphatic rings. The Kier molecular flexibility index (Phi) is 7.77. The molecule has 0 saturated heterocycles. The van der Waals surface area contributed by atoms with Gasteiger partial charge in [-0.3, -0.25) is 9.59 Å². The van der Waals surface area contributed by atoms with Gasteiger partial charge in [0.2, 0.25) is 0 Å². The van der Waals surface area contributed by atoms with Gasteiger partial charge in [0.05, 0.1) is 35.0 Å². The number of methoxy groups -OCH3 is 1. The molecule has 168 valence electrons. The molecule has 0 unspecified atom stereocenters. The molecule has 0 fully saturated rings. The van der Waals surface area contributed by atoms with Gasteiger partial charge < -0.3 is 14.8 Å². The van der Waals surface area contributed by atoms with Gasteiger partial charge >= 0.3 is 5.97 Å². The number of ether oxygens (including phenoxy) is 2. The Labute approximate surface area is 196 Å². The first-order chi connectivity index (χ1) is 15.3. The van der Waals surface area contributed by atoms with Crippen molar-refractivity contribution in [2.24, 2.45) is 0 Å². The number of esters is 1. The Hall–Kier alpha value is -3.03. The number of carbonyl (C=O) groups excluding carboxylic acids is 2. The number of rotatable bonds is 8. The first kappa shape index (κ1) is 23.6. The van der Waals surface area contributed by atoms with Crippen LogP contribution < -0.4 is 10.1 Å². The maximum absolute atomic E-state index is 12.3. The minimum Gasteiger partial charge on any atom is -0.497 e. The standard InChI is InChI=1S/C23H23Cl2N3O4/c1-14-19(15(2)28(27-14)17-6-9-20(24)21(25)10-17)11-23(30)32-13-22(29)26-12-16-4-7-18(31-3)8-5-16/h4-10H,11-13H2,1-3H3,(H,26,29). The molecule has 7 nitrogen and oxygen atoms in total. The zero-order valence-corrected chi connectivity index (χ0v) is 19.5. The second-order valence-corrected chi connectivity index (χ2v) is 7.94. The third-order valence-electron chi connectivity index (χ3n) is 4.92. The van der Waals surface area contributed by atoms with Gasteiger partial charge in [0, 0.05) is 17.8 Å². The van der Waals surface area contributed by atoms with E-state index in [0.29, 0.717) is 22.3 Å². The fourth-order valence-corrected chi connectivity index (χ4v) is 3.43. The Morgan fingerprint density at radius 3 is 2.44 bits per heavy atom. The summed E-state index contributed by atoms with van der Waals surface area (Å²) in [5, 5.41) is 8.08. The minimum absolute atomic E-state index is 0.00471. The van der Waals surface area contributed by atoms with Gasteiger partial charge in [0.15, 0.2) is 6.61 Å². The van der Waals surface area contributed by atoms with Crippen molar-refractivity contribution in [1.29, 1.82) is 0 Å². The second-order valence-electron chi connectivity index (χ2n) is 7.12. The van der Waals surface area contributed by atoms with Crippen molar-refractivity contribution in [1.82, 2.24) is 15.1 Å². The summed E-state index contributed by atoms with van der Waals surface area (Å²) < 4.78 is 11.9. The van der Waals surface area contributed by atoms with E-state index in [9.17, 15) is 9.59 Å². The number of nitrogens with zero attached hydrogens (tertiary/aromatic N) is 2. The SMILES string of the molecule is COc1ccc(CNC(=O)COC(=O)Cc2c(C)nn(-c3ccc(Cl)c(Cl)c3)c2C)cc1. The summed E-state index contributed by atoms with van der Waals surface area (Å²) in [4.78, 5) is 24.3. The topological polar surface area (TPSA) is 82.4 Å². The molecule has 0 aliphatic carbocycles. The molecule has 0 saturated carbocycles. The van der Waals surface area contributed by atoms with Gasteiger partial charge in [-0.25, -0.2) is 4.68 Å². The number of aromatic nitrogens is 2. The molecular formula is C23H23Cl2N3O4. The average Bonchev–Trinajstić information content (AvgIpc) is 3.06. The molecule has 32 heavy (non-hydrogen) atoms. The molecule has 0 atom stereocenters. The smallest absolute Gasteiger partial charge is 0.310 e. The monoisotopic (exact) mass is 475 g/mol. The molecule has 0 spiro atoms. The number of hydrogen-bond acceptors (Lipinski definition) is 5. The predicted octanol–water partition coefficient (Wildman–Crippen LogP) is 4.21. The fourth-order valence-electron chi connectivity index (χ4n) is 3.14. The summed E-state index contributed by atoms with van der Waals surface area (Å²) in [6, 6.07) is 12.5. The number of carbonyl (C=O) groups is 2. The largest absolute Gasteiger partial charge is 0.497 e. The van der Waals surface area contributed by atoms with Crippen LogP contribution in [0.5, 0.6) is 5.75 Å². The molecule has 1 aromatic heterocycles. The van der Waals surface area contributed by atoms with Crippen molar-refractivity contribution < 1.29 is 19.1 Å². The van der Waals surface area contributed by atoms with E-state index in [2.05, 4.69) is 10.4 Å². The number of hydrogen-bond donors (Lipinski definition) is 1. The van der Waals surface area contributed by atoms with Crippen molar-refractivity contribution in [3.63, 3.8) is 0 Å². The highest BCUT2D eigenvalue weighted by Crippen LogP contribution is 2.26. The number of benzene rings is 2. The lowest BCUT2D eigenvalue weighted by Crippen LogP contribution is -2.28. The summed E-state index contributed by atoms with van der Waals surface area (Å²) in [6.45, 7) is 3.64. The molecule has 0 aliphatic heterocycles. The summed E-state index contributed by atoms with van der Waals surface area (Å²) in [5.41, 5.74) is 3.85. The van der Waals surface area contributed by atoms with E-state index >= 15 is 0 Å². The van der Waals surface area contributed by atoms with Gasteiger partial charge in [0.25, 0.3) is 5.91 Å². The van der Waals surface area contributed by atoms with E-state index in [4.69, 9.17) is 32.7 Å². The fraction of sp³-hybridized carbons (Fsp3) is 0.261. The van der Waals surface area contributed by atoms with Crippen molar-refractivity contribution >= 4 is 35.1 Å². The molecule has 3 rings (SSSR count). The lowest BCUT2D eigenvalue weighted by atomic mass is 10.1. The Morgan fingerprint density at radius 1 is 1.06 bits per heavy atom. The van der Waals surface area contributed by atoms with Crippen LogP contribution in [0.3, 0.4) is 0 Å². The van der Waals surface area contributed by atoms with E-state index in [-0.39, 0.29) is 18.9 Å². The van der Waals surface area contributed by atoms with E-state index in [0.717, 1.165) is 28.3 Å². The lowest BCUT2D eigenvalue weighted by molar-refractivity contribution is -0.147. The number of halogens is 2. The zero-order chi connectivity index (χ0) is 23.3. The molecule has 0 radical (unpaired) electrons. The maximum atomic E-state index is 12.3. The van der Waals surface area contributed by atoms with Crippen LogP contribution in [0.4, 0.5) is 0 Å². The quantitative estimate of drug-likeness (QED) is 0.493. The van der Waals surface area contributed by atoms with Crippen LogP contribution in [0.15, 0.2) is 42.5 Å². The van der Waals surface area contributed by atoms with E-state index in [1.165, 1.54) is 0 Å². The van der Waals surface area contributed by atoms with Gasteiger partial charge in [-0.2, -0.15) is 5.10 Å². The van der Waals surface area contributed by atoms with E-state index < -0.39 is 5.97 Å². The number of aryl methyl sites for hydroxylation is 1. The molecule has 2 aromatic carbocycles. The van der Waals surface area contributed by atoms with E-state index in [1.807, 2.05) is 38.1 Å². The Balaban J connectivity index is 1.54.